The van der Waals surface area contributed by atoms with E-state index in [0.29, 0.717) is 0 Å². The zero-order valence-electron chi connectivity index (χ0n) is 11.2. The van der Waals surface area contributed by atoms with Crippen LogP contribution in [0.1, 0.15) is 25.7 Å². The number of rotatable bonds is 2. The third-order valence-corrected chi connectivity index (χ3v) is 6.55. The Labute approximate surface area is 126 Å². The summed E-state index contributed by atoms with van der Waals surface area (Å²) in [6.45, 7) is 0. The highest BCUT2D eigenvalue weighted by Crippen LogP contribution is 2.39. The Hall–Kier alpha value is -0.500. The third kappa shape index (κ3) is 4.25. The fourth-order valence-electron chi connectivity index (χ4n) is 2.92. The molecule has 1 N–H and O–H groups in total. The van der Waals surface area contributed by atoms with Crippen LogP contribution in [0.2, 0.25) is 0 Å². The first kappa shape index (κ1) is 16.9. The van der Waals surface area contributed by atoms with Gasteiger partial charge in [0.05, 0.1) is 28.8 Å². The van der Waals surface area contributed by atoms with Gasteiger partial charge in [0.2, 0.25) is 5.91 Å². The van der Waals surface area contributed by atoms with Gasteiger partial charge in [-0.2, -0.15) is 13.2 Å². The lowest BCUT2D eigenvalue weighted by Crippen LogP contribution is -2.44. The molecule has 2 atom stereocenters. The molecule has 2 fully saturated rings. The summed E-state index contributed by atoms with van der Waals surface area (Å²) in [4.78, 5) is 12.0. The van der Waals surface area contributed by atoms with Crippen LogP contribution in [0.15, 0.2) is 0 Å². The highest BCUT2D eigenvalue weighted by atomic mass is 35.5. The van der Waals surface area contributed by atoms with E-state index in [-0.39, 0.29) is 43.1 Å². The average Bonchev–Trinajstić information content (AvgIpc) is 2.61. The average molecular weight is 348 g/mol. The van der Waals surface area contributed by atoms with Crippen molar-refractivity contribution >= 4 is 27.3 Å². The van der Waals surface area contributed by atoms with Gasteiger partial charge in [0.1, 0.15) is 0 Å². The fraction of sp³-hybridized carbons (Fsp3) is 0.917. The Morgan fingerprint density at radius 1 is 1.10 bits per heavy atom. The summed E-state index contributed by atoms with van der Waals surface area (Å²) in [6.07, 6.45) is -3.99. The van der Waals surface area contributed by atoms with Crippen molar-refractivity contribution in [1.82, 2.24) is 5.32 Å². The molecule has 4 nitrogen and oxygen atoms in total. The van der Waals surface area contributed by atoms with E-state index in [2.05, 4.69) is 5.32 Å². The second-order valence-electron chi connectivity index (χ2n) is 5.80. The quantitative estimate of drug-likeness (QED) is 0.776. The zero-order chi connectivity index (χ0) is 15.8. The summed E-state index contributed by atoms with van der Waals surface area (Å²) >= 11 is 5.89. The first-order chi connectivity index (χ1) is 9.58. The first-order valence-corrected chi connectivity index (χ1v) is 9.06. The second kappa shape index (κ2) is 5.95. The Balaban J connectivity index is 1.86. The van der Waals surface area contributed by atoms with Crippen LogP contribution in [-0.2, 0) is 14.6 Å². The van der Waals surface area contributed by atoms with E-state index in [1.54, 1.807) is 0 Å². The number of alkyl halides is 4. The van der Waals surface area contributed by atoms with Crippen LogP contribution in [0, 0.1) is 11.8 Å². The van der Waals surface area contributed by atoms with Gasteiger partial charge in [-0.25, -0.2) is 8.42 Å². The van der Waals surface area contributed by atoms with Crippen LogP contribution in [0.3, 0.4) is 0 Å². The lowest BCUT2D eigenvalue weighted by molar-refractivity contribution is -0.184. The number of sulfone groups is 1. The van der Waals surface area contributed by atoms with Crippen molar-refractivity contribution in [2.75, 3.05) is 11.5 Å². The standard InChI is InChI=1S/C12H17ClF3NO3S/c13-9-5-21(19,20)6-10(9)17-11(18)7-1-3-8(4-2-7)12(14,15)16/h7-10H,1-6H2,(H,17,18). The number of carbonyl (C=O) groups excluding carboxylic acids is 1. The smallest absolute Gasteiger partial charge is 0.351 e. The van der Waals surface area contributed by atoms with Crippen LogP contribution in [0.5, 0.6) is 0 Å². The maximum Gasteiger partial charge on any atom is 0.391 e. The molecule has 1 amide bonds. The summed E-state index contributed by atoms with van der Waals surface area (Å²) in [5.41, 5.74) is 0. The molecule has 2 rings (SSSR count). The second-order valence-corrected chi connectivity index (χ2v) is 8.51. The van der Waals surface area contributed by atoms with E-state index in [1.165, 1.54) is 0 Å². The predicted molar refractivity (Wildman–Crippen MR) is 71.7 cm³/mol. The molecule has 0 aromatic heterocycles. The Morgan fingerprint density at radius 3 is 2.10 bits per heavy atom. The van der Waals surface area contributed by atoms with E-state index in [1.807, 2.05) is 0 Å². The fourth-order valence-corrected chi connectivity index (χ4v) is 5.47. The van der Waals surface area contributed by atoms with Gasteiger partial charge in [-0.1, -0.05) is 0 Å². The summed E-state index contributed by atoms with van der Waals surface area (Å²) in [7, 11) is -3.24. The van der Waals surface area contributed by atoms with E-state index in [4.69, 9.17) is 11.6 Å². The van der Waals surface area contributed by atoms with Crippen LogP contribution < -0.4 is 5.32 Å². The molecule has 21 heavy (non-hydrogen) atoms. The molecule has 0 spiro atoms. The van der Waals surface area contributed by atoms with Crippen molar-refractivity contribution in [2.45, 2.75) is 43.3 Å². The monoisotopic (exact) mass is 347 g/mol. The molecule has 0 aromatic carbocycles. The normalized spacial score (nSPS) is 36.4. The van der Waals surface area contributed by atoms with Crippen molar-refractivity contribution in [2.24, 2.45) is 11.8 Å². The molecule has 9 heteroatoms. The maximum atomic E-state index is 12.5. The number of hydrogen-bond acceptors (Lipinski definition) is 3. The topological polar surface area (TPSA) is 63.2 Å². The molecule has 0 aromatic rings. The Bertz CT molecular complexity index is 500. The van der Waals surface area contributed by atoms with Crippen molar-refractivity contribution in [3.8, 4) is 0 Å². The minimum absolute atomic E-state index is 0.0607. The number of amides is 1. The van der Waals surface area contributed by atoms with Gasteiger partial charge in [-0.15, -0.1) is 11.6 Å². The molecule has 1 aliphatic carbocycles. The molecule has 2 aliphatic rings. The van der Waals surface area contributed by atoms with Gasteiger partial charge < -0.3 is 5.32 Å². The maximum absolute atomic E-state index is 12.5. The molecule has 1 saturated heterocycles. The third-order valence-electron chi connectivity index (χ3n) is 4.17. The molecule has 1 aliphatic heterocycles. The number of nitrogens with one attached hydrogen (secondary N) is 1. The highest BCUT2D eigenvalue weighted by Gasteiger charge is 2.43. The highest BCUT2D eigenvalue weighted by molar-refractivity contribution is 7.91. The zero-order valence-corrected chi connectivity index (χ0v) is 12.8. The molecule has 0 radical (unpaired) electrons. The van der Waals surface area contributed by atoms with Gasteiger partial charge in [0.25, 0.3) is 0 Å². The van der Waals surface area contributed by atoms with Crippen LogP contribution >= 0.6 is 11.6 Å². The van der Waals surface area contributed by atoms with E-state index in [9.17, 15) is 26.4 Å². The van der Waals surface area contributed by atoms with Crippen LogP contribution in [0.25, 0.3) is 0 Å². The number of halogens is 4. The van der Waals surface area contributed by atoms with E-state index in [0.717, 1.165) is 0 Å². The molecule has 0 bridgehead atoms. The lowest BCUT2D eigenvalue weighted by atomic mass is 9.81. The molecule has 1 heterocycles. The van der Waals surface area contributed by atoms with Gasteiger partial charge in [0, 0.05) is 5.92 Å². The molecule has 2 unspecified atom stereocenters. The van der Waals surface area contributed by atoms with Gasteiger partial charge in [-0.3, -0.25) is 4.79 Å². The van der Waals surface area contributed by atoms with Gasteiger partial charge >= 0.3 is 6.18 Å². The Kier molecular flexibility index (Phi) is 4.78. The van der Waals surface area contributed by atoms with Gasteiger partial charge in [0.15, 0.2) is 9.84 Å². The molecule has 122 valence electrons. The Morgan fingerprint density at radius 2 is 1.67 bits per heavy atom. The first-order valence-electron chi connectivity index (χ1n) is 6.80. The molecular formula is C12H17ClF3NO3S. The summed E-state index contributed by atoms with van der Waals surface area (Å²) in [5, 5.41) is 1.90. The van der Waals surface area contributed by atoms with E-state index >= 15 is 0 Å². The number of carbonyl (C=O) groups is 1. The molecular weight excluding hydrogens is 331 g/mol. The SMILES string of the molecule is O=C(NC1CS(=O)(=O)CC1Cl)C1CCC(C(F)(F)F)CC1. The summed E-state index contributed by atoms with van der Waals surface area (Å²) < 4.78 is 60.5. The molecule has 1 saturated carbocycles. The minimum Gasteiger partial charge on any atom is -0.351 e. The van der Waals surface area contributed by atoms with Crippen LogP contribution in [-0.4, -0.2) is 43.4 Å². The summed E-state index contributed by atoms with van der Waals surface area (Å²) in [5.74, 6) is -2.60. The largest absolute Gasteiger partial charge is 0.391 e. The van der Waals surface area contributed by atoms with Crippen molar-refractivity contribution in [3.63, 3.8) is 0 Å². The van der Waals surface area contributed by atoms with Crippen molar-refractivity contribution in [1.29, 1.82) is 0 Å². The minimum atomic E-state index is -4.21. The number of hydrogen-bond donors (Lipinski definition) is 1. The van der Waals surface area contributed by atoms with Crippen molar-refractivity contribution in [3.05, 3.63) is 0 Å². The van der Waals surface area contributed by atoms with E-state index < -0.39 is 39.3 Å². The van der Waals surface area contributed by atoms with Gasteiger partial charge in [-0.05, 0) is 25.7 Å². The van der Waals surface area contributed by atoms with Crippen molar-refractivity contribution < 1.29 is 26.4 Å². The predicted octanol–water partition coefficient (Wildman–Crippen LogP) is 1.88. The lowest BCUT2D eigenvalue weighted by Gasteiger charge is -2.30. The summed E-state index contributed by atoms with van der Waals surface area (Å²) in [6, 6.07) is -0.649. The van der Waals surface area contributed by atoms with Crippen LogP contribution in [0.4, 0.5) is 13.2 Å².